The number of pyridine rings is 1. The predicted octanol–water partition coefficient (Wildman–Crippen LogP) is 9.98. The summed E-state index contributed by atoms with van der Waals surface area (Å²) in [6.45, 7) is 6.74. The summed E-state index contributed by atoms with van der Waals surface area (Å²) in [6.07, 6.45) is 2.97. The van der Waals surface area contributed by atoms with Crippen LogP contribution in [0.5, 0.6) is 0 Å². The van der Waals surface area contributed by atoms with E-state index in [0.29, 0.717) is 6.04 Å². The van der Waals surface area contributed by atoms with Gasteiger partial charge in [0.15, 0.2) is 0 Å². The topological polar surface area (TPSA) is 28.5 Å². The number of fused-ring (bicyclic) bond motifs is 2. The molecule has 0 radical (unpaired) electrons. The van der Waals surface area contributed by atoms with Crippen LogP contribution in [0.2, 0.25) is 0 Å². The fourth-order valence-electron chi connectivity index (χ4n) is 5.48. The minimum atomic E-state index is 0.198. The second-order valence-corrected chi connectivity index (χ2v) is 11.5. The van der Waals surface area contributed by atoms with Crippen LogP contribution < -0.4 is 5.01 Å². The third kappa shape index (κ3) is 5.62. The summed E-state index contributed by atoms with van der Waals surface area (Å²) in [4.78, 5) is 4.76. The summed E-state index contributed by atoms with van der Waals surface area (Å²) in [6, 6.07) is 46.9. The van der Waals surface area contributed by atoms with Gasteiger partial charge in [-0.15, -0.1) is 0 Å². The van der Waals surface area contributed by atoms with Crippen LogP contribution in [0.25, 0.3) is 32.9 Å². The number of aromatic nitrogens is 1. The molecular weight excluding hydrogens is 498 g/mol. The van der Waals surface area contributed by atoms with E-state index in [2.05, 4.69) is 146 Å². The van der Waals surface area contributed by atoms with Crippen LogP contribution in [-0.2, 0) is 5.41 Å². The van der Waals surface area contributed by atoms with E-state index in [1.54, 1.807) is 0 Å². The zero-order valence-electron chi connectivity index (χ0n) is 23.9. The van der Waals surface area contributed by atoms with E-state index in [1.165, 1.54) is 33.0 Å². The second-order valence-electron chi connectivity index (χ2n) is 11.5. The first kappa shape index (κ1) is 26.5. The number of hydrogen-bond acceptors (Lipinski definition) is 3. The molecule has 0 fully saturated rings. The summed E-state index contributed by atoms with van der Waals surface area (Å²) >= 11 is 0. The van der Waals surface area contributed by atoms with Gasteiger partial charge in [-0.1, -0.05) is 130 Å². The third-order valence-electron chi connectivity index (χ3n) is 7.66. The molecule has 3 heteroatoms. The maximum Gasteiger partial charge on any atom is 0.0825 e. The quantitative estimate of drug-likeness (QED) is 0.212. The van der Waals surface area contributed by atoms with Crippen molar-refractivity contribution in [2.24, 2.45) is 5.10 Å². The molecule has 0 spiro atoms. The van der Waals surface area contributed by atoms with Crippen molar-refractivity contribution in [2.75, 3.05) is 5.01 Å². The highest BCUT2D eigenvalue weighted by Crippen LogP contribution is 2.35. The molecule has 1 aliphatic heterocycles. The smallest absolute Gasteiger partial charge is 0.0825 e. The molecule has 0 amide bonds. The Hall–Kier alpha value is -4.76. The van der Waals surface area contributed by atoms with Crippen LogP contribution in [0.15, 0.2) is 139 Å². The molecule has 41 heavy (non-hydrogen) atoms. The third-order valence-corrected chi connectivity index (χ3v) is 7.66. The minimum Gasteiger partial charge on any atom is -0.258 e. The Morgan fingerprint density at radius 3 is 1.73 bits per heavy atom. The Morgan fingerprint density at radius 1 is 0.610 bits per heavy atom. The minimum absolute atomic E-state index is 0.198. The van der Waals surface area contributed by atoms with Crippen LogP contribution in [0, 0.1) is 0 Å². The Labute approximate surface area is 242 Å². The molecule has 1 atom stereocenters. The lowest BCUT2D eigenvalue weighted by molar-refractivity contribution is 0.589. The first-order valence-corrected chi connectivity index (χ1v) is 14.3. The molecule has 2 heterocycles. The Kier molecular flexibility index (Phi) is 7.35. The average molecular weight is 534 g/mol. The zero-order valence-corrected chi connectivity index (χ0v) is 23.9. The summed E-state index contributed by atoms with van der Waals surface area (Å²) in [7, 11) is 0. The summed E-state index contributed by atoms with van der Waals surface area (Å²) in [5, 5.41) is 9.07. The highest BCUT2D eigenvalue weighted by atomic mass is 15.5. The Balaban J connectivity index is 0.000000148. The average Bonchev–Trinajstić information content (AvgIpc) is 3.51. The standard InChI is InChI=1S/C19H22N2.C19H13N/c1-19(2,3)16-11-9-15(10-12-16)18-13-14-20-21(18)17-7-5-4-6-8-17;1-2-8-14(9-3-1)19-15-10-4-6-12-17(15)20-18-13-7-5-11-16(18)19/h4-12,14,18H,13H2,1-3H3;1-13H. The number of hydrazone groups is 1. The van der Waals surface area contributed by atoms with Gasteiger partial charge in [0.05, 0.1) is 22.8 Å². The van der Waals surface area contributed by atoms with Crippen molar-refractivity contribution in [3.8, 4) is 11.1 Å². The van der Waals surface area contributed by atoms with Crippen molar-refractivity contribution < 1.29 is 0 Å². The maximum atomic E-state index is 4.76. The molecule has 0 aliphatic carbocycles. The zero-order chi connectivity index (χ0) is 28.2. The first-order chi connectivity index (χ1) is 20.0. The van der Waals surface area contributed by atoms with Gasteiger partial charge < -0.3 is 0 Å². The predicted molar refractivity (Wildman–Crippen MR) is 175 cm³/mol. The highest BCUT2D eigenvalue weighted by Gasteiger charge is 2.24. The van der Waals surface area contributed by atoms with Crippen LogP contribution in [0.3, 0.4) is 0 Å². The number of hydrogen-bond donors (Lipinski definition) is 0. The Morgan fingerprint density at radius 2 is 1.15 bits per heavy atom. The molecule has 0 saturated carbocycles. The van der Waals surface area contributed by atoms with Crippen LogP contribution >= 0.6 is 0 Å². The molecular formula is C38H35N3. The van der Waals surface area contributed by atoms with Gasteiger partial charge in [-0.05, 0) is 46.4 Å². The molecule has 1 aliphatic rings. The van der Waals surface area contributed by atoms with Crippen molar-refractivity contribution >= 4 is 33.7 Å². The lowest BCUT2D eigenvalue weighted by Gasteiger charge is -2.25. The van der Waals surface area contributed by atoms with E-state index in [4.69, 9.17) is 4.98 Å². The molecule has 5 aromatic carbocycles. The van der Waals surface area contributed by atoms with E-state index in [0.717, 1.165) is 23.1 Å². The largest absolute Gasteiger partial charge is 0.258 e. The van der Waals surface area contributed by atoms with Crippen LogP contribution in [0.4, 0.5) is 5.69 Å². The molecule has 0 N–H and O–H groups in total. The maximum absolute atomic E-state index is 4.76. The number of rotatable bonds is 3. The number of anilines is 1. The molecule has 0 saturated heterocycles. The SMILES string of the molecule is CC(C)(C)c1ccc(C2CC=NN2c2ccccc2)cc1.c1ccc(-c2c3ccccc3nc3ccccc23)cc1. The van der Waals surface area contributed by atoms with Gasteiger partial charge >= 0.3 is 0 Å². The number of benzene rings is 5. The van der Waals surface area contributed by atoms with Gasteiger partial charge in [-0.25, -0.2) is 4.98 Å². The molecule has 0 bridgehead atoms. The molecule has 202 valence electrons. The van der Waals surface area contributed by atoms with Crippen molar-refractivity contribution in [3.05, 3.63) is 145 Å². The van der Waals surface area contributed by atoms with Crippen molar-refractivity contribution in [1.82, 2.24) is 4.98 Å². The van der Waals surface area contributed by atoms with Gasteiger partial charge in [0.1, 0.15) is 0 Å². The molecule has 1 unspecified atom stereocenters. The van der Waals surface area contributed by atoms with Gasteiger partial charge in [0.25, 0.3) is 0 Å². The molecule has 6 aromatic rings. The van der Waals surface area contributed by atoms with Gasteiger partial charge in [-0.3, -0.25) is 5.01 Å². The second kappa shape index (κ2) is 11.4. The summed E-state index contributed by atoms with van der Waals surface area (Å²) in [5.74, 6) is 0. The normalized spacial score (nSPS) is 14.7. The monoisotopic (exact) mass is 533 g/mol. The van der Waals surface area contributed by atoms with Crippen LogP contribution in [-0.4, -0.2) is 11.2 Å². The highest BCUT2D eigenvalue weighted by molar-refractivity contribution is 6.09. The molecule has 3 nitrogen and oxygen atoms in total. The van der Waals surface area contributed by atoms with Gasteiger partial charge in [-0.2, -0.15) is 5.10 Å². The Bertz CT molecular complexity index is 1730. The van der Waals surface area contributed by atoms with E-state index in [1.807, 2.05) is 24.4 Å². The van der Waals surface area contributed by atoms with Crippen molar-refractivity contribution in [3.63, 3.8) is 0 Å². The van der Waals surface area contributed by atoms with E-state index in [-0.39, 0.29) is 5.41 Å². The lowest BCUT2D eigenvalue weighted by atomic mass is 9.86. The van der Waals surface area contributed by atoms with Gasteiger partial charge in [0.2, 0.25) is 0 Å². The van der Waals surface area contributed by atoms with E-state index < -0.39 is 0 Å². The lowest BCUT2D eigenvalue weighted by Crippen LogP contribution is -2.19. The number of para-hydroxylation sites is 3. The number of nitrogens with zero attached hydrogens (tertiary/aromatic N) is 3. The molecule has 1 aromatic heterocycles. The fourth-order valence-corrected chi connectivity index (χ4v) is 5.48. The van der Waals surface area contributed by atoms with Crippen molar-refractivity contribution in [1.29, 1.82) is 0 Å². The van der Waals surface area contributed by atoms with E-state index >= 15 is 0 Å². The van der Waals surface area contributed by atoms with Crippen molar-refractivity contribution in [2.45, 2.75) is 38.6 Å². The fraction of sp³-hybridized carbons (Fsp3) is 0.158. The van der Waals surface area contributed by atoms with Crippen LogP contribution in [0.1, 0.15) is 44.4 Å². The van der Waals surface area contributed by atoms with Gasteiger partial charge in [0, 0.05) is 29.0 Å². The first-order valence-electron chi connectivity index (χ1n) is 14.3. The van der Waals surface area contributed by atoms with E-state index in [9.17, 15) is 0 Å². The molecule has 7 rings (SSSR count). The summed E-state index contributed by atoms with van der Waals surface area (Å²) in [5.41, 5.74) is 8.64. The summed E-state index contributed by atoms with van der Waals surface area (Å²) < 4.78 is 0.